The van der Waals surface area contributed by atoms with Crippen molar-refractivity contribution in [2.75, 3.05) is 6.61 Å². The molecule has 0 N–H and O–H groups in total. The van der Waals surface area contributed by atoms with Gasteiger partial charge in [-0.1, -0.05) is 39.8 Å². The van der Waals surface area contributed by atoms with Gasteiger partial charge in [0.05, 0.1) is 6.61 Å². The minimum absolute atomic E-state index is 0.0820. The van der Waals surface area contributed by atoms with Crippen molar-refractivity contribution in [3.8, 4) is 0 Å². The summed E-state index contributed by atoms with van der Waals surface area (Å²) in [5, 5.41) is 3.98. The number of carbonyl (C=O) groups excluding carboxylic acids is 1. The summed E-state index contributed by atoms with van der Waals surface area (Å²) in [5.74, 6) is 0.618. The lowest BCUT2D eigenvalue weighted by molar-refractivity contribution is -0.146. The van der Waals surface area contributed by atoms with Gasteiger partial charge in [-0.15, -0.1) is 0 Å². The van der Waals surface area contributed by atoms with E-state index in [4.69, 9.17) is 9.26 Å². The van der Waals surface area contributed by atoms with Gasteiger partial charge in [0.15, 0.2) is 5.82 Å². The highest BCUT2D eigenvalue weighted by molar-refractivity contribution is 5.76. The maximum Gasteiger partial charge on any atom is 0.318 e. The molecule has 0 aliphatic heterocycles. The van der Waals surface area contributed by atoms with Crippen LogP contribution < -0.4 is 0 Å². The van der Waals surface area contributed by atoms with Crippen molar-refractivity contribution in [3.63, 3.8) is 0 Å². The molecule has 1 atom stereocenters. The molecule has 0 aromatic carbocycles. The van der Waals surface area contributed by atoms with E-state index in [2.05, 4.69) is 44.8 Å². The predicted molar refractivity (Wildman–Crippen MR) is 76.3 cm³/mol. The second-order valence-electron chi connectivity index (χ2n) is 6.72. The normalized spacial score (nSPS) is 13.6. The molecule has 5 heteroatoms. The highest BCUT2D eigenvalue weighted by Gasteiger charge is 2.29. The average molecular weight is 282 g/mol. The highest BCUT2D eigenvalue weighted by atomic mass is 16.5. The third kappa shape index (κ3) is 5.31. The molecule has 0 saturated carbocycles. The molecule has 20 heavy (non-hydrogen) atoms. The topological polar surface area (TPSA) is 65.2 Å². The monoisotopic (exact) mass is 282 g/mol. The van der Waals surface area contributed by atoms with Gasteiger partial charge in [0, 0.05) is 6.42 Å². The maximum atomic E-state index is 12.0. The first-order chi connectivity index (χ1) is 9.23. The Balaban J connectivity index is 2.88. The van der Waals surface area contributed by atoms with Gasteiger partial charge in [0.2, 0.25) is 5.89 Å². The molecular weight excluding hydrogens is 256 g/mol. The average Bonchev–Trinajstić information content (AvgIpc) is 2.71. The zero-order valence-electron chi connectivity index (χ0n) is 13.4. The van der Waals surface area contributed by atoms with Crippen LogP contribution in [0.15, 0.2) is 4.52 Å². The van der Waals surface area contributed by atoms with E-state index in [-0.39, 0.29) is 11.4 Å². The Bertz CT molecular complexity index is 433. The van der Waals surface area contributed by atoms with Crippen LogP contribution in [-0.4, -0.2) is 22.7 Å². The molecule has 0 spiro atoms. The zero-order valence-corrected chi connectivity index (χ0v) is 13.4. The second-order valence-corrected chi connectivity index (χ2v) is 6.72. The van der Waals surface area contributed by atoms with Crippen molar-refractivity contribution in [3.05, 3.63) is 11.7 Å². The fourth-order valence-electron chi connectivity index (χ4n) is 1.97. The largest absolute Gasteiger partial charge is 0.465 e. The van der Waals surface area contributed by atoms with Crippen LogP contribution in [0.1, 0.15) is 65.6 Å². The molecule has 0 radical (unpaired) electrons. The quantitative estimate of drug-likeness (QED) is 0.749. The van der Waals surface area contributed by atoms with Gasteiger partial charge in [0.1, 0.15) is 5.92 Å². The summed E-state index contributed by atoms with van der Waals surface area (Å²) >= 11 is 0. The molecule has 0 saturated heterocycles. The van der Waals surface area contributed by atoms with Crippen molar-refractivity contribution in [1.29, 1.82) is 0 Å². The fraction of sp³-hybridized carbons (Fsp3) is 0.800. The minimum atomic E-state index is -0.462. The molecule has 1 aromatic heterocycles. The van der Waals surface area contributed by atoms with E-state index in [0.29, 0.717) is 37.1 Å². The molecule has 1 rings (SSSR count). The van der Waals surface area contributed by atoms with Gasteiger partial charge in [-0.05, 0) is 24.7 Å². The molecule has 0 fully saturated rings. The lowest BCUT2D eigenvalue weighted by atomic mass is 9.92. The highest BCUT2D eigenvalue weighted by Crippen LogP contribution is 2.26. The third-order valence-electron chi connectivity index (χ3n) is 2.75. The van der Waals surface area contributed by atoms with Crippen LogP contribution in [0, 0.1) is 11.3 Å². The first-order valence-electron chi connectivity index (χ1n) is 7.22. The molecule has 0 aliphatic rings. The summed E-state index contributed by atoms with van der Waals surface area (Å²) in [6, 6.07) is 0. The summed E-state index contributed by atoms with van der Waals surface area (Å²) in [4.78, 5) is 16.4. The van der Waals surface area contributed by atoms with Crippen LogP contribution >= 0.6 is 0 Å². The fourth-order valence-corrected chi connectivity index (χ4v) is 1.97. The van der Waals surface area contributed by atoms with E-state index in [1.54, 1.807) is 6.92 Å². The Morgan fingerprint density at radius 2 is 2.00 bits per heavy atom. The number of hydrogen-bond acceptors (Lipinski definition) is 5. The van der Waals surface area contributed by atoms with Crippen molar-refractivity contribution >= 4 is 5.97 Å². The molecule has 5 nitrogen and oxygen atoms in total. The smallest absolute Gasteiger partial charge is 0.318 e. The molecule has 1 aromatic rings. The van der Waals surface area contributed by atoms with Crippen molar-refractivity contribution in [2.45, 2.75) is 60.3 Å². The summed E-state index contributed by atoms with van der Waals surface area (Å²) < 4.78 is 10.4. The lowest BCUT2D eigenvalue weighted by Crippen LogP contribution is -2.18. The summed E-state index contributed by atoms with van der Waals surface area (Å²) in [6.45, 7) is 12.6. The maximum absolute atomic E-state index is 12.0. The van der Waals surface area contributed by atoms with Gasteiger partial charge in [-0.3, -0.25) is 4.79 Å². The van der Waals surface area contributed by atoms with Gasteiger partial charge in [0.25, 0.3) is 0 Å². The van der Waals surface area contributed by atoms with Crippen LogP contribution in [0.2, 0.25) is 0 Å². The van der Waals surface area contributed by atoms with Crippen LogP contribution in [0.4, 0.5) is 0 Å². The SMILES string of the molecule is CCOC(=O)C(CC(C)C)c1nc(CC(C)(C)C)no1. The zero-order chi connectivity index (χ0) is 15.3. The Morgan fingerprint density at radius 3 is 2.50 bits per heavy atom. The molecule has 1 unspecified atom stereocenters. The number of nitrogens with zero attached hydrogens (tertiary/aromatic N) is 2. The van der Waals surface area contributed by atoms with E-state index in [1.165, 1.54) is 0 Å². The first-order valence-corrected chi connectivity index (χ1v) is 7.22. The molecule has 1 heterocycles. The van der Waals surface area contributed by atoms with E-state index in [9.17, 15) is 4.79 Å². The van der Waals surface area contributed by atoms with Gasteiger partial charge < -0.3 is 9.26 Å². The Labute approximate surface area is 121 Å². The number of aromatic nitrogens is 2. The van der Waals surface area contributed by atoms with Crippen LogP contribution in [0.25, 0.3) is 0 Å². The van der Waals surface area contributed by atoms with Crippen molar-refractivity contribution < 1.29 is 14.1 Å². The molecule has 0 aliphatic carbocycles. The number of carbonyl (C=O) groups is 1. The van der Waals surface area contributed by atoms with E-state index < -0.39 is 5.92 Å². The number of hydrogen-bond donors (Lipinski definition) is 0. The van der Waals surface area contributed by atoms with Crippen molar-refractivity contribution in [2.24, 2.45) is 11.3 Å². The van der Waals surface area contributed by atoms with Crippen LogP contribution in [0.5, 0.6) is 0 Å². The number of rotatable bonds is 6. The summed E-state index contributed by atoms with van der Waals surface area (Å²) in [7, 11) is 0. The predicted octanol–water partition coefficient (Wildman–Crippen LogP) is 3.35. The Kier molecular flexibility index (Phi) is 5.72. The van der Waals surface area contributed by atoms with Crippen LogP contribution in [-0.2, 0) is 16.0 Å². The van der Waals surface area contributed by atoms with Crippen molar-refractivity contribution in [1.82, 2.24) is 10.1 Å². The third-order valence-corrected chi connectivity index (χ3v) is 2.75. The van der Waals surface area contributed by atoms with E-state index >= 15 is 0 Å². The van der Waals surface area contributed by atoms with E-state index in [1.807, 2.05) is 0 Å². The van der Waals surface area contributed by atoms with Crippen LogP contribution in [0.3, 0.4) is 0 Å². The first kappa shape index (κ1) is 16.7. The molecule has 114 valence electrons. The van der Waals surface area contributed by atoms with Gasteiger partial charge in [-0.2, -0.15) is 4.98 Å². The molecular formula is C15H26N2O3. The summed E-state index contributed by atoms with van der Waals surface area (Å²) in [5.41, 5.74) is 0.0820. The lowest BCUT2D eigenvalue weighted by Gasteiger charge is -2.15. The summed E-state index contributed by atoms with van der Waals surface area (Å²) in [6.07, 6.45) is 1.36. The standard InChI is InChI=1S/C15H26N2O3/c1-7-19-14(18)11(8-10(2)3)13-16-12(17-20-13)9-15(4,5)6/h10-11H,7-9H2,1-6H3. The second kappa shape index (κ2) is 6.86. The number of ether oxygens (including phenoxy) is 1. The molecule has 0 amide bonds. The van der Waals surface area contributed by atoms with Gasteiger partial charge in [-0.25, -0.2) is 0 Å². The Morgan fingerprint density at radius 1 is 1.35 bits per heavy atom. The molecule has 0 bridgehead atoms. The van der Waals surface area contributed by atoms with E-state index in [0.717, 1.165) is 0 Å². The Hall–Kier alpha value is -1.39. The van der Waals surface area contributed by atoms with Gasteiger partial charge >= 0.3 is 5.97 Å². The minimum Gasteiger partial charge on any atom is -0.465 e. The number of esters is 1.